The molecule has 5 rings (SSSR count). The minimum Gasteiger partial charge on any atom is -0.482 e. The Bertz CT molecular complexity index is 1230. The van der Waals surface area contributed by atoms with Gasteiger partial charge in [0.1, 0.15) is 5.75 Å². The number of ether oxygens (including phenoxy) is 1. The maximum absolute atomic E-state index is 14.6. The molecule has 1 aromatic heterocycles. The van der Waals surface area contributed by atoms with Gasteiger partial charge in [-0.3, -0.25) is 4.79 Å². The summed E-state index contributed by atoms with van der Waals surface area (Å²) in [5.74, 6) is 0.252. The molecule has 0 unspecified atom stereocenters. The van der Waals surface area contributed by atoms with E-state index in [0.717, 1.165) is 44.5 Å². The summed E-state index contributed by atoms with van der Waals surface area (Å²) >= 11 is 0. The first-order chi connectivity index (χ1) is 17.5. The predicted molar refractivity (Wildman–Crippen MR) is 139 cm³/mol. The van der Waals surface area contributed by atoms with Crippen molar-refractivity contribution in [2.75, 3.05) is 66.8 Å². The van der Waals surface area contributed by atoms with Gasteiger partial charge in [-0.15, -0.1) is 0 Å². The van der Waals surface area contributed by atoms with E-state index in [4.69, 9.17) is 4.74 Å². The zero-order valence-corrected chi connectivity index (χ0v) is 20.5. The number of aromatic nitrogens is 2. The number of rotatable bonds is 7. The second-order valence-electron chi connectivity index (χ2n) is 8.99. The smallest absolute Gasteiger partial charge is 0.265 e. The van der Waals surface area contributed by atoms with E-state index in [1.54, 1.807) is 23.1 Å². The zero-order valence-electron chi connectivity index (χ0n) is 20.5. The van der Waals surface area contributed by atoms with Crippen LogP contribution in [-0.2, 0) is 4.79 Å². The molecule has 0 radical (unpaired) electrons. The Hall–Kier alpha value is -3.92. The van der Waals surface area contributed by atoms with Crippen molar-refractivity contribution in [2.45, 2.75) is 13.3 Å². The molecule has 3 heterocycles. The van der Waals surface area contributed by atoms with Gasteiger partial charge in [0, 0.05) is 49.8 Å². The summed E-state index contributed by atoms with van der Waals surface area (Å²) in [6.07, 6.45) is 1.94. The van der Waals surface area contributed by atoms with E-state index in [9.17, 15) is 9.18 Å². The topological polar surface area (TPSA) is 85.9 Å². The van der Waals surface area contributed by atoms with Crippen LogP contribution in [0.25, 0.3) is 0 Å². The van der Waals surface area contributed by atoms with Crippen molar-refractivity contribution in [3.63, 3.8) is 0 Å². The maximum Gasteiger partial charge on any atom is 0.265 e. The van der Waals surface area contributed by atoms with Crippen LogP contribution in [0.4, 0.5) is 38.9 Å². The van der Waals surface area contributed by atoms with Crippen molar-refractivity contribution in [3.05, 3.63) is 54.5 Å². The van der Waals surface area contributed by atoms with Gasteiger partial charge in [0.2, 0.25) is 5.95 Å². The van der Waals surface area contributed by atoms with Crippen LogP contribution in [0, 0.1) is 5.82 Å². The van der Waals surface area contributed by atoms with E-state index in [2.05, 4.69) is 49.6 Å². The summed E-state index contributed by atoms with van der Waals surface area (Å²) in [6, 6.07) is 13.4. The van der Waals surface area contributed by atoms with E-state index in [1.807, 2.05) is 19.1 Å². The molecular weight excluding hydrogens is 461 g/mol. The van der Waals surface area contributed by atoms with Gasteiger partial charge < -0.3 is 30.1 Å². The maximum atomic E-state index is 14.6. The van der Waals surface area contributed by atoms with E-state index in [-0.39, 0.29) is 24.3 Å². The van der Waals surface area contributed by atoms with Gasteiger partial charge in [0.15, 0.2) is 18.2 Å². The van der Waals surface area contributed by atoms with Gasteiger partial charge in [0.25, 0.3) is 5.91 Å². The standard InChI is InChI=1S/C26H30FN7O2/c1-3-10-34-22-15-19(6-9-23(22)36-17-24(34)35)29-25-21(27)16-28-26(31-25)30-18-4-7-20(8-5-18)33-13-11-32(2)12-14-33/h4-9,15-16H,3,10-14,17H2,1-2H3,(H2,28,29,30,31). The van der Waals surface area contributed by atoms with E-state index in [1.165, 1.54) is 5.69 Å². The number of benzene rings is 2. The highest BCUT2D eigenvalue weighted by atomic mass is 19.1. The van der Waals surface area contributed by atoms with Crippen molar-refractivity contribution in [1.29, 1.82) is 0 Å². The number of piperazine rings is 1. The molecule has 0 saturated carbocycles. The minimum atomic E-state index is -0.582. The second-order valence-corrected chi connectivity index (χ2v) is 8.99. The van der Waals surface area contributed by atoms with E-state index >= 15 is 0 Å². The number of anilines is 6. The van der Waals surface area contributed by atoms with Crippen LogP contribution in [0.5, 0.6) is 5.75 Å². The highest BCUT2D eigenvalue weighted by Gasteiger charge is 2.25. The van der Waals surface area contributed by atoms with Crippen LogP contribution in [0.2, 0.25) is 0 Å². The molecule has 188 valence electrons. The van der Waals surface area contributed by atoms with E-state index in [0.29, 0.717) is 23.7 Å². The highest BCUT2D eigenvalue weighted by Crippen LogP contribution is 2.35. The summed E-state index contributed by atoms with van der Waals surface area (Å²) in [5.41, 5.74) is 3.23. The lowest BCUT2D eigenvalue weighted by Gasteiger charge is -2.34. The lowest BCUT2D eigenvalue weighted by Crippen LogP contribution is -2.44. The summed E-state index contributed by atoms with van der Waals surface area (Å²) in [7, 11) is 2.14. The lowest BCUT2D eigenvalue weighted by atomic mass is 10.2. The van der Waals surface area contributed by atoms with Crippen LogP contribution in [0.15, 0.2) is 48.7 Å². The average Bonchev–Trinajstić information content (AvgIpc) is 2.89. The molecule has 1 fully saturated rings. The number of hydrogen-bond donors (Lipinski definition) is 2. The molecule has 0 bridgehead atoms. The molecule has 3 aromatic rings. The van der Waals surface area contributed by atoms with Gasteiger partial charge in [-0.2, -0.15) is 4.98 Å². The molecular formula is C26H30FN7O2. The van der Waals surface area contributed by atoms with Crippen molar-refractivity contribution < 1.29 is 13.9 Å². The van der Waals surface area contributed by atoms with Gasteiger partial charge in [-0.1, -0.05) is 6.92 Å². The summed E-state index contributed by atoms with van der Waals surface area (Å²) in [4.78, 5) is 27.1. The first kappa shape index (κ1) is 23.8. The molecule has 2 N–H and O–H groups in total. The molecule has 9 nitrogen and oxygen atoms in total. The quantitative estimate of drug-likeness (QED) is 0.513. The Balaban J connectivity index is 1.30. The molecule has 0 atom stereocenters. The van der Waals surface area contributed by atoms with Crippen molar-refractivity contribution in [1.82, 2.24) is 14.9 Å². The number of likely N-dealkylation sites (N-methyl/N-ethyl adjacent to an activating group) is 1. The van der Waals surface area contributed by atoms with Gasteiger partial charge in [0.05, 0.1) is 11.9 Å². The SMILES string of the molecule is CCCN1C(=O)COc2ccc(Nc3nc(Nc4ccc(N5CCN(C)CC5)cc4)ncc3F)cc21. The first-order valence-electron chi connectivity index (χ1n) is 12.2. The molecule has 1 saturated heterocycles. The van der Waals surface area contributed by atoms with Crippen LogP contribution in [0.1, 0.15) is 13.3 Å². The molecule has 10 heteroatoms. The van der Waals surface area contributed by atoms with Crippen LogP contribution < -0.4 is 25.2 Å². The molecule has 2 aliphatic rings. The number of carbonyl (C=O) groups excluding carboxylic acids is 1. The number of nitrogens with one attached hydrogen (secondary N) is 2. The third-order valence-corrected chi connectivity index (χ3v) is 6.35. The van der Waals surface area contributed by atoms with E-state index < -0.39 is 5.82 Å². The Kier molecular flexibility index (Phi) is 6.86. The number of fused-ring (bicyclic) bond motifs is 1. The van der Waals surface area contributed by atoms with Crippen LogP contribution in [-0.4, -0.2) is 67.2 Å². The average molecular weight is 492 g/mol. The fourth-order valence-corrected chi connectivity index (χ4v) is 4.35. The summed E-state index contributed by atoms with van der Waals surface area (Å²) in [5, 5.41) is 6.16. The fraction of sp³-hybridized carbons (Fsp3) is 0.346. The van der Waals surface area contributed by atoms with Crippen molar-refractivity contribution >= 4 is 40.4 Å². The number of carbonyl (C=O) groups is 1. The Morgan fingerprint density at radius 2 is 1.78 bits per heavy atom. The lowest BCUT2D eigenvalue weighted by molar-refractivity contribution is -0.121. The Morgan fingerprint density at radius 1 is 1.03 bits per heavy atom. The highest BCUT2D eigenvalue weighted by molar-refractivity contribution is 5.98. The third kappa shape index (κ3) is 5.18. The fourth-order valence-electron chi connectivity index (χ4n) is 4.35. The third-order valence-electron chi connectivity index (χ3n) is 6.35. The molecule has 36 heavy (non-hydrogen) atoms. The predicted octanol–water partition coefficient (Wildman–Crippen LogP) is 3.99. The Labute approximate surface area is 209 Å². The van der Waals surface area contributed by atoms with Crippen molar-refractivity contribution in [3.8, 4) is 5.75 Å². The van der Waals surface area contributed by atoms with Crippen molar-refractivity contribution in [2.24, 2.45) is 0 Å². The minimum absolute atomic E-state index is 0.0195. The largest absolute Gasteiger partial charge is 0.482 e. The number of halogens is 1. The van der Waals surface area contributed by atoms with Gasteiger partial charge in [-0.25, -0.2) is 9.37 Å². The summed E-state index contributed by atoms with van der Waals surface area (Å²) in [6.45, 7) is 6.70. The molecule has 0 spiro atoms. The normalized spacial score (nSPS) is 15.9. The number of nitrogens with zero attached hydrogens (tertiary/aromatic N) is 5. The number of hydrogen-bond acceptors (Lipinski definition) is 8. The van der Waals surface area contributed by atoms with Crippen LogP contribution >= 0.6 is 0 Å². The number of amides is 1. The second kappa shape index (κ2) is 10.4. The van der Waals surface area contributed by atoms with Gasteiger partial charge in [-0.05, 0) is 55.9 Å². The molecule has 2 aliphatic heterocycles. The molecule has 2 aromatic carbocycles. The van der Waals surface area contributed by atoms with Crippen LogP contribution in [0.3, 0.4) is 0 Å². The monoisotopic (exact) mass is 491 g/mol. The Morgan fingerprint density at radius 3 is 2.53 bits per heavy atom. The first-order valence-corrected chi connectivity index (χ1v) is 12.2. The summed E-state index contributed by atoms with van der Waals surface area (Å²) < 4.78 is 20.1. The van der Waals surface area contributed by atoms with Gasteiger partial charge >= 0.3 is 0 Å². The zero-order chi connectivity index (χ0) is 25.1. The molecule has 1 amide bonds. The molecule has 0 aliphatic carbocycles.